The molecule has 2 aromatic rings. The van der Waals surface area contributed by atoms with E-state index in [2.05, 4.69) is 86.5 Å². The first-order chi connectivity index (χ1) is 18.7. The lowest BCUT2D eigenvalue weighted by Crippen LogP contribution is -2.48. The molecule has 4 atom stereocenters. The summed E-state index contributed by atoms with van der Waals surface area (Å²) >= 11 is 0. The molecule has 0 bridgehead atoms. The average Bonchev–Trinajstić information content (AvgIpc) is 3.30. The van der Waals surface area contributed by atoms with E-state index in [4.69, 9.17) is 14.2 Å². The molecule has 3 rings (SSSR count). The van der Waals surface area contributed by atoms with Gasteiger partial charge in [-0.3, -0.25) is 4.90 Å². The Bertz CT molecular complexity index is 837. The van der Waals surface area contributed by atoms with E-state index in [0.717, 1.165) is 26.0 Å². The normalized spacial score (nSPS) is 20.8. The highest BCUT2D eigenvalue weighted by atomic mass is 35.5. The molecule has 0 aromatic heterocycles. The maximum atomic E-state index is 6.70. The molecule has 4 nitrogen and oxygen atoms in total. The van der Waals surface area contributed by atoms with Gasteiger partial charge in [0.2, 0.25) is 0 Å². The third-order valence-corrected chi connectivity index (χ3v) is 7.84. The van der Waals surface area contributed by atoms with Gasteiger partial charge in [-0.15, -0.1) is 12.4 Å². The molecular weight excluding hydrogens is 506 g/mol. The minimum atomic E-state index is 0. The maximum absolute atomic E-state index is 6.70. The van der Waals surface area contributed by atoms with Gasteiger partial charge in [0, 0.05) is 13.0 Å². The third kappa shape index (κ3) is 12.3. The van der Waals surface area contributed by atoms with E-state index in [9.17, 15) is 0 Å². The zero-order valence-corrected chi connectivity index (χ0v) is 25.6. The molecule has 0 spiro atoms. The molecule has 0 amide bonds. The van der Waals surface area contributed by atoms with Crippen LogP contribution in [0.5, 0.6) is 0 Å². The van der Waals surface area contributed by atoms with Gasteiger partial charge in [0.05, 0.1) is 31.5 Å². The van der Waals surface area contributed by atoms with E-state index >= 15 is 0 Å². The Hall–Kier alpha value is -1.43. The quantitative estimate of drug-likeness (QED) is 0.152. The van der Waals surface area contributed by atoms with Crippen molar-refractivity contribution in [2.24, 2.45) is 0 Å². The lowest BCUT2D eigenvalue weighted by atomic mass is 10.1. The topological polar surface area (TPSA) is 30.9 Å². The van der Waals surface area contributed by atoms with E-state index in [1.54, 1.807) is 0 Å². The van der Waals surface area contributed by atoms with E-state index in [0.29, 0.717) is 13.2 Å². The molecule has 39 heavy (non-hydrogen) atoms. The van der Waals surface area contributed by atoms with Gasteiger partial charge in [-0.25, -0.2) is 0 Å². The van der Waals surface area contributed by atoms with Crippen LogP contribution in [0.2, 0.25) is 0 Å². The first-order valence-corrected chi connectivity index (χ1v) is 15.4. The Morgan fingerprint density at radius 2 is 1.15 bits per heavy atom. The van der Waals surface area contributed by atoms with Crippen LogP contribution in [0.4, 0.5) is 0 Å². The highest BCUT2D eigenvalue weighted by Crippen LogP contribution is 2.33. The fourth-order valence-electron chi connectivity index (χ4n) is 5.60. The van der Waals surface area contributed by atoms with Crippen LogP contribution in [0.15, 0.2) is 60.7 Å². The average molecular weight is 560 g/mol. The predicted molar refractivity (Wildman–Crippen MR) is 166 cm³/mol. The molecule has 1 aliphatic rings. The number of unbranched alkanes of at least 4 members (excludes halogenated alkanes) is 8. The van der Waals surface area contributed by atoms with Crippen molar-refractivity contribution in [3.8, 4) is 0 Å². The van der Waals surface area contributed by atoms with E-state index in [-0.39, 0.29) is 36.8 Å². The summed E-state index contributed by atoms with van der Waals surface area (Å²) in [6, 6.07) is 21.2. The minimum Gasteiger partial charge on any atom is -0.374 e. The van der Waals surface area contributed by atoms with Crippen LogP contribution < -0.4 is 0 Å². The highest BCUT2D eigenvalue weighted by Gasteiger charge is 2.47. The Balaban J connectivity index is 0.00000533. The van der Waals surface area contributed by atoms with E-state index in [1.165, 1.54) is 68.9 Å². The Kier molecular flexibility index (Phi) is 17.7. The molecule has 2 aromatic carbocycles. The molecule has 0 saturated heterocycles. The van der Waals surface area contributed by atoms with Crippen molar-refractivity contribution < 1.29 is 14.2 Å². The van der Waals surface area contributed by atoms with Crippen molar-refractivity contribution in [1.29, 1.82) is 0 Å². The van der Waals surface area contributed by atoms with E-state index in [1.807, 2.05) is 0 Å². The maximum Gasteiger partial charge on any atom is 0.102 e. The fraction of sp³-hybridized carbons (Fsp3) is 0.647. The second-order valence-corrected chi connectivity index (χ2v) is 11.0. The monoisotopic (exact) mass is 559 g/mol. The van der Waals surface area contributed by atoms with Crippen molar-refractivity contribution in [1.82, 2.24) is 4.90 Å². The number of ether oxygens (including phenoxy) is 3. The van der Waals surface area contributed by atoms with Crippen LogP contribution >= 0.6 is 12.4 Å². The molecule has 5 heteroatoms. The molecule has 1 fully saturated rings. The van der Waals surface area contributed by atoms with Crippen LogP contribution in [0.1, 0.15) is 95.6 Å². The second kappa shape index (κ2) is 20.4. The van der Waals surface area contributed by atoms with Gasteiger partial charge in [-0.2, -0.15) is 0 Å². The molecule has 0 radical (unpaired) electrons. The lowest BCUT2D eigenvalue weighted by molar-refractivity contribution is -0.0898. The smallest absolute Gasteiger partial charge is 0.102 e. The number of hydrogen-bond donors (Lipinski definition) is 0. The summed E-state index contributed by atoms with van der Waals surface area (Å²) in [6.07, 6.45) is 13.7. The summed E-state index contributed by atoms with van der Waals surface area (Å²) in [5, 5.41) is 0. The summed E-state index contributed by atoms with van der Waals surface area (Å²) in [4.78, 5) is 2.51. The minimum absolute atomic E-state index is 0. The summed E-state index contributed by atoms with van der Waals surface area (Å²) in [5.74, 6) is 0. The fourth-order valence-corrected chi connectivity index (χ4v) is 5.60. The zero-order chi connectivity index (χ0) is 26.8. The van der Waals surface area contributed by atoms with Crippen molar-refractivity contribution in [3.63, 3.8) is 0 Å². The highest BCUT2D eigenvalue weighted by molar-refractivity contribution is 5.85. The van der Waals surface area contributed by atoms with Crippen LogP contribution in [0.25, 0.3) is 0 Å². The van der Waals surface area contributed by atoms with Gasteiger partial charge >= 0.3 is 0 Å². The number of nitrogens with zero attached hydrogens (tertiary/aromatic N) is 1. The van der Waals surface area contributed by atoms with Gasteiger partial charge in [-0.1, -0.05) is 126 Å². The van der Waals surface area contributed by atoms with Gasteiger partial charge in [0.15, 0.2) is 0 Å². The van der Waals surface area contributed by atoms with Crippen molar-refractivity contribution in [2.45, 2.75) is 122 Å². The third-order valence-electron chi connectivity index (χ3n) is 7.84. The molecule has 0 N–H and O–H groups in total. The van der Waals surface area contributed by atoms with Crippen molar-refractivity contribution >= 4 is 12.4 Å². The standard InChI is InChI=1S/C34H53NO3.ClH/c1-4-6-8-10-18-24-35(3)33-31(37-27-29-20-14-12-15-21-29)26-32(38-28-30-22-16-13-17-23-30)34(33)36-25-19-11-9-7-5-2;/h12-17,20-23,31-34H,4-11,18-19,24-28H2,1-3H3;1H/t31-,32+,33+,34+;/m1./s1. The van der Waals surface area contributed by atoms with Crippen molar-refractivity contribution in [2.75, 3.05) is 20.2 Å². The summed E-state index contributed by atoms with van der Waals surface area (Å²) in [5.41, 5.74) is 2.43. The number of halogens is 1. The SMILES string of the molecule is CCCCCCCO[C@@H]1[C@@H](N(C)CCCCCCC)[C@H](OCc2ccccc2)C[C@@H]1OCc1ccccc1.Cl. The summed E-state index contributed by atoms with van der Waals surface area (Å²) < 4.78 is 19.9. The Morgan fingerprint density at radius 1 is 0.641 bits per heavy atom. The Morgan fingerprint density at radius 3 is 1.72 bits per heavy atom. The molecule has 220 valence electrons. The summed E-state index contributed by atoms with van der Waals surface area (Å²) in [6.45, 7) is 7.65. The lowest BCUT2D eigenvalue weighted by Gasteiger charge is -2.34. The van der Waals surface area contributed by atoms with Gasteiger partial charge in [0.25, 0.3) is 0 Å². The van der Waals surface area contributed by atoms with Crippen LogP contribution in [0, 0.1) is 0 Å². The molecular formula is C34H54ClNO3. The number of rotatable bonds is 20. The van der Waals surface area contributed by atoms with E-state index < -0.39 is 0 Å². The van der Waals surface area contributed by atoms with Crippen LogP contribution in [-0.4, -0.2) is 49.5 Å². The molecule has 1 saturated carbocycles. The van der Waals surface area contributed by atoms with Crippen LogP contribution in [0.3, 0.4) is 0 Å². The molecule has 0 aliphatic heterocycles. The molecule has 0 heterocycles. The first-order valence-electron chi connectivity index (χ1n) is 15.4. The Labute approximate surface area is 245 Å². The van der Waals surface area contributed by atoms with Crippen molar-refractivity contribution in [3.05, 3.63) is 71.8 Å². The van der Waals surface area contributed by atoms with Gasteiger partial charge in [0.1, 0.15) is 6.10 Å². The molecule has 1 aliphatic carbocycles. The first kappa shape index (κ1) is 33.8. The predicted octanol–water partition coefficient (Wildman–Crippen LogP) is 8.61. The zero-order valence-electron chi connectivity index (χ0n) is 24.8. The second-order valence-electron chi connectivity index (χ2n) is 11.0. The van der Waals surface area contributed by atoms with Gasteiger partial charge < -0.3 is 14.2 Å². The number of likely N-dealkylation sites (N-methyl/N-ethyl adjacent to an activating group) is 1. The number of benzene rings is 2. The van der Waals surface area contributed by atoms with Crippen LogP contribution in [-0.2, 0) is 27.4 Å². The summed E-state index contributed by atoms with van der Waals surface area (Å²) in [7, 11) is 2.26. The molecule has 0 unspecified atom stereocenters. The van der Waals surface area contributed by atoms with Gasteiger partial charge in [-0.05, 0) is 37.6 Å². The largest absolute Gasteiger partial charge is 0.374 e. The number of hydrogen-bond acceptors (Lipinski definition) is 4.